The third-order valence-electron chi connectivity index (χ3n) is 5.00. The van der Waals surface area contributed by atoms with Gasteiger partial charge in [0.2, 0.25) is 11.8 Å². The average Bonchev–Trinajstić information content (AvgIpc) is 3.01. The van der Waals surface area contributed by atoms with E-state index in [2.05, 4.69) is 5.32 Å². The third-order valence-corrected chi connectivity index (χ3v) is 5.00. The Balaban J connectivity index is 0.00000288. The van der Waals surface area contributed by atoms with E-state index in [9.17, 15) is 9.59 Å². The van der Waals surface area contributed by atoms with Gasteiger partial charge in [-0.05, 0) is 37.0 Å². The summed E-state index contributed by atoms with van der Waals surface area (Å²) in [5.41, 5.74) is 7.28. The van der Waals surface area contributed by atoms with Gasteiger partial charge in [-0.2, -0.15) is 0 Å². The molecule has 1 heterocycles. The molecule has 5 nitrogen and oxygen atoms in total. The zero-order valence-electron chi connectivity index (χ0n) is 14.5. The van der Waals surface area contributed by atoms with Gasteiger partial charge in [0.05, 0.1) is 5.41 Å². The minimum atomic E-state index is -0.470. The SMILES string of the molecule is CCC(CC)(CN)C(=O)NCc1ccc(N2CCCC2=O)cc1.Cl. The summed E-state index contributed by atoms with van der Waals surface area (Å²) in [5.74, 6) is 0.202. The van der Waals surface area contributed by atoms with Gasteiger partial charge in [-0.3, -0.25) is 9.59 Å². The van der Waals surface area contributed by atoms with E-state index < -0.39 is 5.41 Å². The number of anilines is 1. The van der Waals surface area contributed by atoms with E-state index in [4.69, 9.17) is 5.73 Å². The molecule has 0 radical (unpaired) electrons. The lowest BCUT2D eigenvalue weighted by Crippen LogP contribution is -2.45. The van der Waals surface area contributed by atoms with Crippen LogP contribution in [0.4, 0.5) is 5.69 Å². The highest BCUT2D eigenvalue weighted by Gasteiger charge is 2.32. The van der Waals surface area contributed by atoms with E-state index in [1.807, 2.05) is 43.0 Å². The molecule has 1 aromatic carbocycles. The Morgan fingerprint density at radius 2 is 1.88 bits per heavy atom. The molecule has 6 heteroatoms. The van der Waals surface area contributed by atoms with Crippen molar-refractivity contribution >= 4 is 29.9 Å². The molecule has 3 N–H and O–H groups in total. The fourth-order valence-electron chi connectivity index (χ4n) is 3.04. The van der Waals surface area contributed by atoms with Crippen molar-refractivity contribution in [1.29, 1.82) is 0 Å². The fourth-order valence-corrected chi connectivity index (χ4v) is 3.04. The van der Waals surface area contributed by atoms with Crippen molar-refractivity contribution in [2.24, 2.45) is 11.1 Å². The maximum absolute atomic E-state index is 12.4. The van der Waals surface area contributed by atoms with Crippen molar-refractivity contribution in [3.05, 3.63) is 29.8 Å². The predicted octanol–water partition coefficient (Wildman–Crippen LogP) is 2.62. The van der Waals surface area contributed by atoms with E-state index in [0.29, 0.717) is 19.5 Å². The number of benzene rings is 1. The van der Waals surface area contributed by atoms with E-state index in [-0.39, 0.29) is 24.2 Å². The molecule has 1 aliphatic heterocycles. The second-order valence-electron chi connectivity index (χ2n) is 6.19. The van der Waals surface area contributed by atoms with Gasteiger partial charge in [-0.15, -0.1) is 12.4 Å². The van der Waals surface area contributed by atoms with Crippen LogP contribution in [0.25, 0.3) is 0 Å². The lowest BCUT2D eigenvalue weighted by atomic mass is 9.81. The van der Waals surface area contributed by atoms with Crippen LogP contribution in [0.15, 0.2) is 24.3 Å². The number of halogens is 1. The third kappa shape index (κ3) is 4.28. The minimum absolute atomic E-state index is 0. The zero-order valence-corrected chi connectivity index (χ0v) is 15.3. The number of nitrogens with two attached hydrogens (primary N) is 1. The number of nitrogens with zero attached hydrogens (tertiary/aromatic N) is 1. The maximum atomic E-state index is 12.4. The normalized spacial score (nSPS) is 14.5. The molecule has 0 aromatic heterocycles. The summed E-state index contributed by atoms with van der Waals surface area (Å²) >= 11 is 0. The van der Waals surface area contributed by atoms with Crippen LogP contribution in [-0.2, 0) is 16.1 Å². The first-order valence-corrected chi connectivity index (χ1v) is 8.44. The number of rotatable bonds is 7. The van der Waals surface area contributed by atoms with Gasteiger partial charge < -0.3 is 16.0 Å². The lowest BCUT2D eigenvalue weighted by molar-refractivity contribution is -0.131. The largest absolute Gasteiger partial charge is 0.352 e. The minimum Gasteiger partial charge on any atom is -0.352 e. The second kappa shape index (κ2) is 9.04. The predicted molar refractivity (Wildman–Crippen MR) is 99.2 cm³/mol. The van der Waals surface area contributed by atoms with Gasteiger partial charge in [-0.1, -0.05) is 26.0 Å². The Morgan fingerprint density at radius 3 is 2.33 bits per heavy atom. The summed E-state index contributed by atoms with van der Waals surface area (Å²) in [5, 5.41) is 2.99. The first-order chi connectivity index (χ1) is 11.1. The number of carbonyl (C=O) groups is 2. The number of amides is 2. The molecule has 24 heavy (non-hydrogen) atoms. The van der Waals surface area contributed by atoms with Crippen molar-refractivity contribution < 1.29 is 9.59 Å². The fraction of sp³-hybridized carbons (Fsp3) is 0.556. The van der Waals surface area contributed by atoms with Crippen molar-refractivity contribution in [1.82, 2.24) is 5.32 Å². The molecular weight excluding hydrogens is 326 g/mol. The maximum Gasteiger partial charge on any atom is 0.227 e. The smallest absolute Gasteiger partial charge is 0.227 e. The summed E-state index contributed by atoms with van der Waals surface area (Å²) in [6.07, 6.45) is 3.03. The first-order valence-electron chi connectivity index (χ1n) is 8.44. The number of nitrogens with one attached hydrogen (secondary N) is 1. The molecular formula is C18H28ClN3O2. The van der Waals surface area contributed by atoms with E-state index in [1.165, 1.54) is 0 Å². The zero-order chi connectivity index (χ0) is 16.9. The molecule has 0 bridgehead atoms. The van der Waals surface area contributed by atoms with Crippen molar-refractivity contribution in [2.75, 3.05) is 18.0 Å². The summed E-state index contributed by atoms with van der Waals surface area (Å²) < 4.78 is 0. The standard InChI is InChI=1S/C18H27N3O2.ClH/c1-3-18(4-2,13-19)17(23)20-12-14-7-9-15(10-8-14)21-11-5-6-16(21)22;/h7-10H,3-6,11-13,19H2,1-2H3,(H,20,23);1H. The summed E-state index contributed by atoms with van der Waals surface area (Å²) in [6, 6.07) is 7.81. The summed E-state index contributed by atoms with van der Waals surface area (Å²) in [7, 11) is 0. The highest BCUT2D eigenvalue weighted by molar-refractivity contribution is 5.95. The Hall–Kier alpha value is -1.59. The highest BCUT2D eigenvalue weighted by atomic mass is 35.5. The summed E-state index contributed by atoms with van der Waals surface area (Å²) in [4.78, 5) is 26.0. The van der Waals surface area contributed by atoms with Gasteiger partial charge in [-0.25, -0.2) is 0 Å². The number of carbonyl (C=O) groups excluding carboxylic acids is 2. The number of hydrogen-bond donors (Lipinski definition) is 2. The lowest BCUT2D eigenvalue weighted by Gasteiger charge is -2.28. The highest BCUT2D eigenvalue weighted by Crippen LogP contribution is 2.25. The summed E-state index contributed by atoms with van der Waals surface area (Å²) in [6.45, 7) is 5.63. The molecule has 134 valence electrons. The molecule has 0 aliphatic carbocycles. The van der Waals surface area contributed by atoms with E-state index >= 15 is 0 Å². The molecule has 0 unspecified atom stereocenters. The van der Waals surface area contributed by atoms with Crippen molar-refractivity contribution in [3.63, 3.8) is 0 Å². The van der Waals surface area contributed by atoms with Crippen LogP contribution in [0.2, 0.25) is 0 Å². The van der Waals surface area contributed by atoms with Crippen LogP contribution in [0, 0.1) is 5.41 Å². The molecule has 1 fully saturated rings. The van der Waals surface area contributed by atoms with Gasteiger partial charge in [0.25, 0.3) is 0 Å². The topological polar surface area (TPSA) is 75.4 Å². The second-order valence-corrected chi connectivity index (χ2v) is 6.19. The molecule has 1 saturated heterocycles. The molecule has 0 saturated carbocycles. The van der Waals surface area contributed by atoms with E-state index in [0.717, 1.165) is 37.1 Å². The van der Waals surface area contributed by atoms with E-state index in [1.54, 1.807) is 0 Å². The molecule has 2 amide bonds. The van der Waals surface area contributed by atoms with Crippen LogP contribution in [-0.4, -0.2) is 24.9 Å². The molecule has 2 rings (SSSR count). The monoisotopic (exact) mass is 353 g/mol. The Morgan fingerprint density at radius 1 is 1.25 bits per heavy atom. The Bertz CT molecular complexity index is 548. The molecule has 1 aliphatic rings. The van der Waals surface area contributed by atoms with Crippen molar-refractivity contribution in [2.45, 2.75) is 46.1 Å². The first kappa shape index (κ1) is 20.5. The van der Waals surface area contributed by atoms with Crippen LogP contribution < -0.4 is 16.0 Å². The van der Waals surface area contributed by atoms with Crippen LogP contribution in [0.3, 0.4) is 0 Å². The Labute approximate surface area is 150 Å². The van der Waals surface area contributed by atoms with Gasteiger partial charge in [0.1, 0.15) is 0 Å². The molecule has 1 aromatic rings. The van der Waals surface area contributed by atoms with Crippen molar-refractivity contribution in [3.8, 4) is 0 Å². The average molecular weight is 354 g/mol. The van der Waals surface area contributed by atoms with Gasteiger partial charge >= 0.3 is 0 Å². The van der Waals surface area contributed by atoms with Gasteiger partial charge in [0, 0.05) is 31.7 Å². The molecule has 0 atom stereocenters. The quantitative estimate of drug-likeness (QED) is 0.791. The Kier molecular flexibility index (Phi) is 7.70. The molecule has 0 spiro atoms. The van der Waals surface area contributed by atoms with Crippen LogP contribution in [0.1, 0.15) is 45.1 Å². The van der Waals surface area contributed by atoms with Crippen LogP contribution >= 0.6 is 12.4 Å². The van der Waals surface area contributed by atoms with Gasteiger partial charge in [0.15, 0.2) is 0 Å². The number of hydrogen-bond acceptors (Lipinski definition) is 3. The van der Waals surface area contributed by atoms with Crippen LogP contribution in [0.5, 0.6) is 0 Å².